The van der Waals surface area contributed by atoms with Crippen LogP contribution < -0.4 is 9.80 Å². The number of hydrogen-bond acceptors (Lipinski definition) is 7. The van der Waals surface area contributed by atoms with E-state index in [4.69, 9.17) is 0 Å². The lowest BCUT2D eigenvalue weighted by Gasteiger charge is -2.37. The summed E-state index contributed by atoms with van der Waals surface area (Å²) < 4.78 is 0. The summed E-state index contributed by atoms with van der Waals surface area (Å²) in [7, 11) is 0. The molecule has 1 N–H and O–H groups in total. The van der Waals surface area contributed by atoms with E-state index in [2.05, 4.69) is 55.0 Å². The molecular weight excluding hydrogens is 500 g/mol. The lowest BCUT2D eigenvalue weighted by atomic mass is 9.98. The Hall–Kier alpha value is -4.42. The lowest BCUT2D eigenvalue weighted by molar-refractivity contribution is 0.0745. The van der Waals surface area contributed by atoms with Gasteiger partial charge in [-0.25, -0.2) is 4.98 Å². The third kappa shape index (κ3) is 4.98. The summed E-state index contributed by atoms with van der Waals surface area (Å²) >= 11 is 0. The maximum absolute atomic E-state index is 13.7. The third-order valence-corrected chi connectivity index (χ3v) is 8.25. The van der Waals surface area contributed by atoms with Crippen molar-refractivity contribution in [3.05, 3.63) is 82.7 Å². The number of nitrogens with one attached hydrogen (secondary N) is 1. The summed E-state index contributed by atoms with van der Waals surface area (Å²) in [5.41, 5.74) is 6.92. The van der Waals surface area contributed by atoms with E-state index in [-0.39, 0.29) is 5.91 Å². The van der Waals surface area contributed by atoms with Crippen molar-refractivity contribution in [2.75, 3.05) is 62.2 Å². The molecule has 0 unspecified atom stereocenters. The number of nitrogens with zero attached hydrogens (tertiary/aromatic N) is 7. The molecule has 2 saturated heterocycles. The molecule has 2 aromatic carbocycles. The average Bonchev–Trinajstić information content (AvgIpc) is 3.48. The van der Waals surface area contributed by atoms with Crippen molar-refractivity contribution < 1.29 is 4.79 Å². The number of nitriles is 1. The Morgan fingerprint density at radius 3 is 2.48 bits per heavy atom. The van der Waals surface area contributed by atoms with Crippen LogP contribution in [0.5, 0.6) is 0 Å². The highest BCUT2D eigenvalue weighted by Gasteiger charge is 2.26. The number of aryl methyl sites for hydroxylation is 2. The Morgan fingerprint density at radius 2 is 1.70 bits per heavy atom. The summed E-state index contributed by atoms with van der Waals surface area (Å²) in [5.74, 6) is 0.996. The molecule has 0 spiro atoms. The highest BCUT2D eigenvalue weighted by molar-refractivity contribution is 5.96. The summed E-state index contributed by atoms with van der Waals surface area (Å²) in [6.07, 6.45) is 3.62. The zero-order valence-electron chi connectivity index (χ0n) is 23.1. The normalized spacial score (nSPS) is 16.4. The number of carbonyl (C=O) groups excluding carboxylic acids is 1. The summed E-state index contributed by atoms with van der Waals surface area (Å²) in [6.45, 7) is 11.3. The molecule has 0 aliphatic carbocycles. The van der Waals surface area contributed by atoms with Gasteiger partial charge in [0.1, 0.15) is 11.6 Å². The van der Waals surface area contributed by atoms with E-state index < -0.39 is 0 Å². The van der Waals surface area contributed by atoms with Crippen LogP contribution in [-0.4, -0.2) is 83.2 Å². The average molecular weight is 535 g/mol. The predicted octanol–water partition coefficient (Wildman–Crippen LogP) is 3.73. The lowest BCUT2D eigenvalue weighted by Crippen LogP contribution is -2.49. The van der Waals surface area contributed by atoms with E-state index in [0.29, 0.717) is 13.1 Å². The molecule has 9 heteroatoms. The van der Waals surface area contributed by atoms with Gasteiger partial charge in [0.2, 0.25) is 0 Å². The molecule has 2 fully saturated rings. The number of pyridine rings is 1. The van der Waals surface area contributed by atoms with E-state index in [1.54, 1.807) is 0 Å². The molecule has 9 nitrogen and oxygen atoms in total. The maximum Gasteiger partial charge on any atom is 0.254 e. The topological polar surface area (TPSA) is 95.4 Å². The van der Waals surface area contributed by atoms with E-state index >= 15 is 0 Å². The fourth-order valence-electron chi connectivity index (χ4n) is 5.91. The molecular formula is C31H34N8O. The van der Waals surface area contributed by atoms with Gasteiger partial charge in [-0.05, 0) is 54.8 Å². The first-order valence-electron chi connectivity index (χ1n) is 13.9. The maximum atomic E-state index is 13.7. The fraction of sp³-hybridized carbons (Fsp3) is 0.355. The zero-order valence-corrected chi connectivity index (χ0v) is 23.1. The number of aromatic amines is 1. The minimum absolute atomic E-state index is 0.101. The molecule has 0 saturated carbocycles. The fourth-order valence-corrected chi connectivity index (χ4v) is 5.91. The van der Waals surface area contributed by atoms with E-state index in [1.807, 2.05) is 54.5 Å². The smallest absolute Gasteiger partial charge is 0.254 e. The van der Waals surface area contributed by atoms with Gasteiger partial charge >= 0.3 is 0 Å². The number of fused-ring (bicyclic) bond motifs is 1. The standard InChI is InChI=1S/C31H34N8O/c1-22-17-23(2)27(18-26(22)21-36-9-11-37(12-10-36)28-6-4-3-5-24(28)19-32)31(40)39-15-13-38(14-16-39)30-29-25(7-8-33-30)20-34-35-29/h3-8,17-18,20H,9-16,21H2,1-2H3,(H,34,35). The van der Waals surface area contributed by atoms with E-state index in [0.717, 1.165) is 84.9 Å². The van der Waals surface area contributed by atoms with Crippen molar-refractivity contribution in [2.24, 2.45) is 0 Å². The Balaban J connectivity index is 1.10. The second kappa shape index (κ2) is 11.0. The monoisotopic (exact) mass is 534 g/mol. The van der Waals surface area contributed by atoms with Gasteiger partial charge in [0.15, 0.2) is 5.82 Å². The molecule has 2 aromatic heterocycles. The van der Waals surface area contributed by atoms with E-state index in [9.17, 15) is 10.1 Å². The molecule has 2 aliphatic rings. The highest BCUT2D eigenvalue weighted by atomic mass is 16.2. The molecule has 4 aromatic rings. The van der Waals surface area contributed by atoms with Gasteiger partial charge < -0.3 is 14.7 Å². The number of aromatic nitrogens is 3. The molecule has 0 bridgehead atoms. The summed E-state index contributed by atoms with van der Waals surface area (Å²) in [4.78, 5) is 27.2. The predicted molar refractivity (Wildman–Crippen MR) is 157 cm³/mol. The molecule has 4 heterocycles. The molecule has 6 rings (SSSR count). The minimum Gasteiger partial charge on any atom is -0.368 e. The zero-order chi connectivity index (χ0) is 27.6. The molecule has 40 heavy (non-hydrogen) atoms. The van der Waals surface area contributed by atoms with Crippen molar-refractivity contribution >= 4 is 28.3 Å². The van der Waals surface area contributed by atoms with Crippen molar-refractivity contribution in [3.8, 4) is 6.07 Å². The molecule has 1 amide bonds. The Kier molecular flexibility index (Phi) is 7.10. The molecule has 204 valence electrons. The Bertz CT molecular complexity index is 1570. The minimum atomic E-state index is 0.101. The largest absolute Gasteiger partial charge is 0.368 e. The van der Waals surface area contributed by atoms with Crippen LogP contribution in [0.4, 0.5) is 11.5 Å². The van der Waals surface area contributed by atoms with Crippen LogP contribution in [-0.2, 0) is 6.54 Å². The Morgan fingerprint density at radius 1 is 0.950 bits per heavy atom. The molecule has 2 aliphatic heterocycles. The van der Waals surface area contributed by atoms with Crippen LogP contribution in [0.15, 0.2) is 54.9 Å². The number of benzene rings is 2. The van der Waals surface area contributed by atoms with Gasteiger partial charge in [-0.15, -0.1) is 0 Å². The van der Waals surface area contributed by atoms with Gasteiger partial charge in [-0.1, -0.05) is 18.2 Å². The van der Waals surface area contributed by atoms with Gasteiger partial charge in [-0.2, -0.15) is 10.4 Å². The number of H-pyrrole nitrogens is 1. The molecule has 0 atom stereocenters. The Labute approximate surface area is 234 Å². The first-order chi connectivity index (χ1) is 19.5. The van der Waals surface area contributed by atoms with Crippen LogP contribution in [0.2, 0.25) is 0 Å². The van der Waals surface area contributed by atoms with Crippen molar-refractivity contribution in [2.45, 2.75) is 20.4 Å². The number of amides is 1. The number of para-hydroxylation sites is 1. The quantitative estimate of drug-likeness (QED) is 0.417. The van der Waals surface area contributed by atoms with Crippen molar-refractivity contribution in [3.63, 3.8) is 0 Å². The van der Waals surface area contributed by atoms with E-state index in [1.165, 1.54) is 11.1 Å². The van der Waals surface area contributed by atoms with Crippen LogP contribution in [0.25, 0.3) is 10.9 Å². The van der Waals surface area contributed by atoms with Gasteiger partial charge in [0.05, 0.1) is 17.4 Å². The first kappa shape index (κ1) is 25.8. The number of carbonyl (C=O) groups is 1. The first-order valence-corrected chi connectivity index (χ1v) is 13.9. The van der Waals surface area contributed by atoms with Crippen LogP contribution in [0, 0.1) is 25.2 Å². The van der Waals surface area contributed by atoms with Crippen LogP contribution in [0.3, 0.4) is 0 Å². The van der Waals surface area contributed by atoms with Crippen molar-refractivity contribution in [1.82, 2.24) is 25.0 Å². The second-order valence-corrected chi connectivity index (χ2v) is 10.7. The van der Waals surface area contributed by atoms with Gasteiger partial charge in [-0.3, -0.25) is 14.8 Å². The van der Waals surface area contributed by atoms with Crippen LogP contribution in [0.1, 0.15) is 32.6 Å². The number of piperazine rings is 2. The molecule has 0 radical (unpaired) electrons. The third-order valence-electron chi connectivity index (χ3n) is 8.25. The summed E-state index contributed by atoms with van der Waals surface area (Å²) in [6, 6.07) is 16.4. The van der Waals surface area contributed by atoms with Crippen LogP contribution >= 0.6 is 0 Å². The van der Waals surface area contributed by atoms with Gasteiger partial charge in [0.25, 0.3) is 5.91 Å². The number of rotatable bonds is 5. The highest BCUT2D eigenvalue weighted by Crippen LogP contribution is 2.26. The summed E-state index contributed by atoms with van der Waals surface area (Å²) in [5, 5.41) is 17.7. The number of hydrogen-bond donors (Lipinski definition) is 1. The number of anilines is 2. The van der Waals surface area contributed by atoms with Crippen molar-refractivity contribution in [1.29, 1.82) is 5.26 Å². The second-order valence-electron chi connectivity index (χ2n) is 10.7. The SMILES string of the molecule is Cc1cc(C)c(C(=O)N2CCN(c3nccc4cn[nH]c34)CC2)cc1CN1CCN(c2ccccc2C#N)CC1. The van der Waals surface area contributed by atoms with Gasteiger partial charge in [0, 0.05) is 76.0 Å².